The summed E-state index contributed by atoms with van der Waals surface area (Å²) in [6.45, 7) is 0.963. The van der Waals surface area contributed by atoms with Crippen molar-refractivity contribution in [2.75, 3.05) is 19.7 Å². The van der Waals surface area contributed by atoms with Crippen molar-refractivity contribution in [2.45, 2.75) is 12.5 Å². The minimum absolute atomic E-state index is 0.0389. The highest BCUT2D eigenvalue weighted by molar-refractivity contribution is 5.80. The number of ether oxygens (including phenoxy) is 1. The fraction of sp³-hybridized carbons (Fsp3) is 0.300. The van der Waals surface area contributed by atoms with E-state index in [1.807, 2.05) is 60.7 Å². The monoisotopic (exact) mass is 339 g/mol. The van der Waals surface area contributed by atoms with Gasteiger partial charge in [-0.1, -0.05) is 60.7 Å². The summed E-state index contributed by atoms with van der Waals surface area (Å²) in [6, 6.07) is 19.2. The third kappa shape index (κ3) is 4.25. The van der Waals surface area contributed by atoms with Crippen molar-refractivity contribution < 1.29 is 19.4 Å². The first-order valence-electron chi connectivity index (χ1n) is 8.32. The lowest BCUT2D eigenvalue weighted by molar-refractivity contribution is -0.142. The molecule has 2 aromatic carbocycles. The van der Waals surface area contributed by atoms with Gasteiger partial charge < -0.3 is 14.7 Å². The largest absolute Gasteiger partial charge is 0.481 e. The lowest BCUT2D eigenvalue weighted by Crippen LogP contribution is -2.32. The molecule has 1 amide bonds. The maximum Gasteiger partial charge on any atom is 0.308 e. The Hall–Kier alpha value is -2.66. The predicted octanol–water partition coefficient (Wildman–Crippen LogP) is 2.53. The molecule has 2 aromatic rings. The molecule has 0 unspecified atom stereocenters. The SMILES string of the molecule is O=C(O)[C@@H]1CN(C(=O)COCc2ccccc2)C[C@@H]1c1ccccc1. The summed E-state index contributed by atoms with van der Waals surface area (Å²) < 4.78 is 5.49. The molecule has 0 radical (unpaired) electrons. The summed E-state index contributed by atoms with van der Waals surface area (Å²) in [4.78, 5) is 25.6. The summed E-state index contributed by atoms with van der Waals surface area (Å²) in [5.41, 5.74) is 1.96. The molecule has 1 heterocycles. The Kier molecular flexibility index (Phi) is 5.46. The number of benzene rings is 2. The van der Waals surface area contributed by atoms with Gasteiger partial charge >= 0.3 is 5.97 Å². The molecule has 0 aromatic heterocycles. The van der Waals surface area contributed by atoms with Gasteiger partial charge in [-0.15, -0.1) is 0 Å². The molecule has 1 aliphatic heterocycles. The van der Waals surface area contributed by atoms with Gasteiger partial charge in [0.25, 0.3) is 0 Å². The Bertz CT molecular complexity index is 717. The maximum absolute atomic E-state index is 12.4. The van der Waals surface area contributed by atoms with Gasteiger partial charge in [-0.25, -0.2) is 0 Å². The van der Waals surface area contributed by atoms with E-state index in [1.54, 1.807) is 4.90 Å². The molecule has 0 saturated carbocycles. The van der Waals surface area contributed by atoms with Crippen molar-refractivity contribution in [3.8, 4) is 0 Å². The van der Waals surface area contributed by atoms with E-state index >= 15 is 0 Å². The highest BCUT2D eigenvalue weighted by Crippen LogP contribution is 2.32. The number of carboxylic acid groups (broad SMARTS) is 1. The number of likely N-dealkylation sites (tertiary alicyclic amines) is 1. The zero-order valence-corrected chi connectivity index (χ0v) is 13.9. The summed E-state index contributed by atoms with van der Waals surface area (Å²) >= 11 is 0. The Balaban J connectivity index is 1.59. The number of nitrogens with zero attached hydrogens (tertiary/aromatic N) is 1. The van der Waals surface area contributed by atoms with Gasteiger partial charge in [-0.3, -0.25) is 9.59 Å². The van der Waals surface area contributed by atoms with Crippen molar-refractivity contribution in [3.05, 3.63) is 71.8 Å². The van der Waals surface area contributed by atoms with E-state index in [4.69, 9.17) is 4.74 Å². The van der Waals surface area contributed by atoms with Crippen molar-refractivity contribution >= 4 is 11.9 Å². The van der Waals surface area contributed by atoms with Crippen LogP contribution in [-0.2, 0) is 20.9 Å². The van der Waals surface area contributed by atoms with Crippen LogP contribution in [-0.4, -0.2) is 41.6 Å². The highest BCUT2D eigenvalue weighted by Gasteiger charge is 2.40. The first kappa shape index (κ1) is 17.2. The van der Waals surface area contributed by atoms with Crippen LogP contribution in [0.1, 0.15) is 17.0 Å². The van der Waals surface area contributed by atoms with Crippen molar-refractivity contribution in [3.63, 3.8) is 0 Å². The second kappa shape index (κ2) is 7.94. The second-order valence-electron chi connectivity index (χ2n) is 6.24. The summed E-state index contributed by atoms with van der Waals surface area (Å²) in [6.07, 6.45) is 0. The van der Waals surface area contributed by atoms with Gasteiger partial charge in [0.15, 0.2) is 0 Å². The molecule has 1 N–H and O–H groups in total. The molecule has 1 saturated heterocycles. The molecule has 130 valence electrons. The topological polar surface area (TPSA) is 66.8 Å². The van der Waals surface area contributed by atoms with Gasteiger partial charge in [0, 0.05) is 19.0 Å². The van der Waals surface area contributed by atoms with E-state index in [2.05, 4.69) is 0 Å². The number of hydrogen-bond donors (Lipinski definition) is 1. The van der Waals surface area contributed by atoms with Crippen LogP contribution in [0.2, 0.25) is 0 Å². The number of aliphatic carboxylic acids is 1. The maximum atomic E-state index is 12.4. The number of carbonyl (C=O) groups excluding carboxylic acids is 1. The number of hydrogen-bond acceptors (Lipinski definition) is 3. The number of amides is 1. The van der Waals surface area contributed by atoms with Crippen LogP contribution in [0.25, 0.3) is 0 Å². The first-order chi connectivity index (χ1) is 12.1. The normalized spacial score (nSPS) is 19.8. The lowest BCUT2D eigenvalue weighted by atomic mass is 9.89. The Labute approximate surface area is 146 Å². The number of carbonyl (C=O) groups is 2. The van der Waals surface area contributed by atoms with Gasteiger partial charge in [-0.05, 0) is 11.1 Å². The van der Waals surface area contributed by atoms with Crippen LogP contribution >= 0.6 is 0 Å². The summed E-state index contributed by atoms with van der Waals surface area (Å²) in [7, 11) is 0. The molecular formula is C20H21NO4. The summed E-state index contributed by atoms with van der Waals surface area (Å²) in [5.74, 6) is -1.80. The molecule has 3 rings (SSSR count). The smallest absolute Gasteiger partial charge is 0.308 e. The third-order valence-electron chi connectivity index (χ3n) is 4.55. The molecule has 1 aliphatic rings. The molecule has 0 spiro atoms. The average Bonchev–Trinajstić information content (AvgIpc) is 3.09. The first-order valence-corrected chi connectivity index (χ1v) is 8.32. The zero-order valence-electron chi connectivity index (χ0n) is 13.9. The molecule has 2 atom stereocenters. The molecule has 25 heavy (non-hydrogen) atoms. The fourth-order valence-electron chi connectivity index (χ4n) is 3.22. The van der Waals surface area contributed by atoms with E-state index in [0.29, 0.717) is 13.2 Å². The van der Waals surface area contributed by atoms with Crippen LogP contribution in [0.5, 0.6) is 0 Å². The van der Waals surface area contributed by atoms with E-state index in [1.165, 1.54) is 0 Å². The van der Waals surface area contributed by atoms with Crippen molar-refractivity contribution in [1.82, 2.24) is 4.90 Å². The highest BCUT2D eigenvalue weighted by atomic mass is 16.5. The fourth-order valence-corrected chi connectivity index (χ4v) is 3.22. The van der Waals surface area contributed by atoms with Gasteiger partial charge in [0.05, 0.1) is 12.5 Å². The van der Waals surface area contributed by atoms with Crippen LogP contribution in [0.4, 0.5) is 0 Å². The Morgan fingerprint density at radius 2 is 1.64 bits per heavy atom. The predicted molar refractivity (Wildman–Crippen MR) is 93.0 cm³/mol. The standard InChI is InChI=1S/C20H21NO4/c22-19(14-25-13-15-7-3-1-4-8-15)21-11-17(18(12-21)20(23)24)16-9-5-2-6-10-16/h1-10,17-18H,11-14H2,(H,23,24)/t17-,18-/m1/s1. The number of carboxylic acids is 1. The zero-order chi connectivity index (χ0) is 17.6. The molecule has 0 aliphatic carbocycles. The third-order valence-corrected chi connectivity index (χ3v) is 4.55. The quantitative estimate of drug-likeness (QED) is 0.878. The molecule has 5 heteroatoms. The van der Waals surface area contributed by atoms with Crippen molar-refractivity contribution in [1.29, 1.82) is 0 Å². The second-order valence-corrected chi connectivity index (χ2v) is 6.24. The summed E-state index contributed by atoms with van der Waals surface area (Å²) in [5, 5.41) is 9.50. The van der Waals surface area contributed by atoms with E-state index in [9.17, 15) is 14.7 Å². The van der Waals surface area contributed by atoms with Crippen LogP contribution in [0, 0.1) is 5.92 Å². The molecule has 5 nitrogen and oxygen atoms in total. The lowest BCUT2D eigenvalue weighted by Gasteiger charge is -2.16. The van der Waals surface area contributed by atoms with Gasteiger partial charge in [0.1, 0.15) is 6.61 Å². The Morgan fingerprint density at radius 1 is 1.00 bits per heavy atom. The van der Waals surface area contributed by atoms with E-state index in [0.717, 1.165) is 11.1 Å². The van der Waals surface area contributed by atoms with E-state index in [-0.39, 0.29) is 25.0 Å². The molecule has 1 fully saturated rings. The van der Waals surface area contributed by atoms with Gasteiger partial charge in [0.2, 0.25) is 5.91 Å². The van der Waals surface area contributed by atoms with Crippen LogP contribution < -0.4 is 0 Å². The van der Waals surface area contributed by atoms with Gasteiger partial charge in [-0.2, -0.15) is 0 Å². The minimum Gasteiger partial charge on any atom is -0.481 e. The van der Waals surface area contributed by atoms with Crippen LogP contribution in [0.3, 0.4) is 0 Å². The Morgan fingerprint density at radius 3 is 2.28 bits per heavy atom. The molecule has 0 bridgehead atoms. The molecular weight excluding hydrogens is 318 g/mol. The number of rotatable bonds is 6. The van der Waals surface area contributed by atoms with Crippen molar-refractivity contribution in [2.24, 2.45) is 5.92 Å². The van der Waals surface area contributed by atoms with Crippen LogP contribution in [0.15, 0.2) is 60.7 Å². The average molecular weight is 339 g/mol. The minimum atomic E-state index is -0.866. The van der Waals surface area contributed by atoms with E-state index < -0.39 is 11.9 Å².